The summed E-state index contributed by atoms with van der Waals surface area (Å²) in [5.74, 6) is 0.132. The van der Waals surface area contributed by atoms with E-state index in [0.29, 0.717) is 0 Å². The van der Waals surface area contributed by atoms with E-state index in [1.165, 1.54) is 0 Å². The molecule has 1 atom stereocenters. The van der Waals surface area contributed by atoms with E-state index in [1.54, 1.807) is 0 Å². The molecular formula is C8H18ClNO3S. The zero-order chi connectivity index (χ0) is 11.2. The van der Waals surface area contributed by atoms with E-state index in [0.717, 1.165) is 12.8 Å². The average molecular weight is 244 g/mol. The molecule has 0 aliphatic heterocycles. The molecule has 0 spiro atoms. The Balaban J connectivity index is 4.01. The maximum Gasteiger partial charge on any atom is 0.225 e. The summed E-state index contributed by atoms with van der Waals surface area (Å²) < 4.78 is 24.1. The van der Waals surface area contributed by atoms with Gasteiger partial charge in [0.15, 0.2) is 0 Å². The number of hydrogen-bond donors (Lipinski definition) is 2. The molecule has 4 nitrogen and oxygen atoms in total. The van der Waals surface area contributed by atoms with E-state index in [1.807, 2.05) is 13.8 Å². The maximum atomic E-state index is 10.9. The van der Waals surface area contributed by atoms with Crippen LogP contribution < -0.4 is 4.72 Å². The lowest BCUT2D eigenvalue weighted by atomic mass is 9.97. The molecule has 0 fully saturated rings. The third kappa shape index (κ3) is 5.14. The van der Waals surface area contributed by atoms with E-state index in [9.17, 15) is 13.5 Å². The molecule has 0 heterocycles. The molecule has 6 heteroatoms. The topological polar surface area (TPSA) is 66.4 Å². The molecule has 0 saturated heterocycles. The average Bonchev–Trinajstić information content (AvgIpc) is 2.17. The van der Waals surface area contributed by atoms with Crippen LogP contribution in [0, 0.1) is 5.92 Å². The lowest BCUT2D eigenvalue weighted by molar-refractivity contribution is 0.107. The minimum absolute atomic E-state index is 0.0431. The fourth-order valence-electron chi connectivity index (χ4n) is 1.25. The number of hydrogen-bond acceptors (Lipinski definition) is 3. The second-order valence-electron chi connectivity index (χ2n) is 3.22. The number of nitrogens with one attached hydrogen (secondary N) is 1. The minimum Gasteiger partial charge on any atom is -0.391 e. The van der Waals surface area contributed by atoms with E-state index in [4.69, 9.17) is 11.6 Å². The Morgan fingerprint density at radius 2 is 1.86 bits per heavy atom. The molecule has 0 bridgehead atoms. The van der Waals surface area contributed by atoms with Crippen LogP contribution in [-0.4, -0.2) is 31.4 Å². The number of sulfonamides is 1. The Morgan fingerprint density at radius 3 is 2.21 bits per heavy atom. The third-order valence-corrected chi connectivity index (χ3v) is 4.00. The van der Waals surface area contributed by atoms with Gasteiger partial charge in [-0.25, -0.2) is 13.1 Å². The van der Waals surface area contributed by atoms with Crippen molar-refractivity contribution in [3.05, 3.63) is 0 Å². The fraction of sp³-hybridized carbons (Fsp3) is 1.00. The zero-order valence-electron chi connectivity index (χ0n) is 8.53. The van der Waals surface area contributed by atoms with Crippen LogP contribution in [0.2, 0.25) is 0 Å². The van der Waals surface area contributed by atoms with Crippen molar-refractivity contribution in [2.45, 2.75) is 32.8 Å². The molecule has 2 N–H and O–H groups in total. The largest absolute Gasteiger partial charge is 0.391 e. The van der Waals surface area contributed by atoms with Gasteiger partial charge in [0.25, 0.3) is 0 Å². The van der Waals surface area contributed by atoms with Crippen LogP contribution in [-0.2, 0) is 10.0 Å². The van der Waals surface area contributed by atoms with Gasteiger partial charge in [0.1, 0.15) is 5.21 Å². The van der Waals surface area contributed by atoms with Gasteiger partial charge in [-0.3, -0.25) is 0 Å². The Morgan fingerprint density at radius 1 is 1.36 bits per heavy atom. The first kappa shape index (κ1) is 14.2. The monoisotopic (exact) mass is 243 g/mol. The predicted molar refractivity (Wildman–Crippen MR) is 57.7 cm³/mol. The van der Waals surface area contributed by atoms with E-state index >= 15 is 0 Å². The van der Waals surface area contributed by atoms with Crippen LogP contribution in [0.25, 0.3) is 0 Å². The van der Waals surface area contributed by atoms with Crippen molar-refractivity contribution in [2.75, 3.05) is 11.8 Å². The zero-order valence-corrected chi connectivity index (χ0v) is 10.1. The smallest absolute Gasteiger partial charge is 0.225 e. The van der Waals surface area contributed by atoms with Crippen molar-refractivity contribution >= 4 is 21.6 Å². The number of aliphatic hydroxyl groups is 1. The van der Waals surface area contributed by atoms with E-state index in [2.05, 4.69) is 4.72 Å². The first-order chi connectivity index (χ1) is 6.46. The summed E-state index contributed by atoms with van der Waals surface area (Å²) >= 11 is 5.19. The van der Waals surface area contributed by atoms with Crippen molar-refractivity contribution in [3.63, 3.8) is 0 Å². The van der Waals surface area contributed by atoms with Gasteiger partial charge in [0, 0.05) is 6.54 Å². The summed E-state index contributed by atoms with van der Waals surface area (Å²) in [6, 6.07) is 0. The first-order valence-corrected chi connectivity index (χ1v) is 6.86. The second kappa shape index (κ2) is 6.61. The van der Waals surface area contributed by atoms with Gasteiger partial charge in [-0.05, 0) is 5.92 Å². The van der Waals surface area contributed by atoms with Gasteiger partial charge in [-0.1, -0.05) is 26.7 Å². The summed E-state index contributed by atoms with van der Waals surface area (Å²) in [5, 5.41) is 9.13. The number of alkyl halides is 1. The summed E-state index contributed by atoms with van der Waals surface area (Å²) in [4.78, 5) is 0. The van der Waals surface area contributed by atoms with Crippen LogP contribution in [0.4, 0.5) is 0 Å². The molecular weight excluding hydrogens is 226 g/mol. The van der Waals surface area contributed by atoms with Gasteiger partial charge in [-0.15, -0.1) is 11.6 Å². The molecule has 0 aliphatic carbocycles. The lowest BCUT2D eigenvalue weighted by Gasteiger charge is -2.19. The molecule has 0 radical (unpaired) electrons. The first-order valence-electron chi connectivity index (χ1n) is 4.68. The highest BCUT2D eigenvalue weighted by atomic mass is 35.5. The highest BCUT2D eigenvalue weighted by Crippen LogP contribution is 2.12. The summed E-state index contributed by atoms with van der Waals surface area (Å²) in [5.41, 5.74) is 0. The molecule has 0 aromatic carbocycles. The molecule has 0 aromatic rings. The lowest BCUT2D eigenvalue weighted by Crippen LogP contribution is -2.36. The second-order valence-corrected chi connectivity index (χ2v) is 5.61. The molecule has 14 heavy (non-hydrogen) atoms. The predicted octanol–water partition coefficient (Wildman–Crippen LogP) is 0.899. The molecule has 0 aliphatic rings. The Bertz CT molecular complexity index is 239. The van der Waals surface area contributed by atoms with Crippen LogP contribution in [0.3, 0.4) is 0 Å². The van der Waals surface area contributed by atoms with Gasteiger partial charge in [0.05, 0.1) is 6.10 Å². The third-order valence-electron chi connectivity index (χ3n) is 2.25. The van der Waals surface area contributed by atoms with E-state index < -0.39 is 21.3 Å². The summed E-state index contributed by atoms with van der Waals surface area (Å²) in [6.45, 7) is 3.97. The fourth-order valence-corrected chi connectivity index (χ4v) is 1.98. The van der Waals surface area contributed by atoms with Crippen LogP contribution in [0.5, 0.6) is 0 Å². The Kier molecular flexibility index (Phi) is 6.68. The van der Waals surface area contributed by atoms with Crippen LogP contribution >= 0.6 is 11.6 Å². The number of halogens is 1. The summed E-state index contributed by atoms with van der Waals surface area (Å²) in [6.07, 6.45) is 1.03. The van der Waals surface area contributed by atoms with Crippen LogP contribution in [0.1, 0.15) is 26.7 Å². The maximum absolute atomic E-state index is 10.9. The SMILES string of the molecule is CCC(CC)C(O)CNS(=O)(=O)CCl. The van der Waals surface area contributed by atoms with Gasteiger partial charge in [0.2, 0.25) is 10.0 Å². The van der Waals surface area contributed by atoms with Crippen molar-refractivity contribution in [1.82, 2.24) is 4.72 Å². The molecule has 0 rings (SSSR count). The molecule has 0 amide bonds. The van der Waals surface area contributed by atoms with Gasteiger partial charge in [-0.2, -0.15) is 0 Å². The number of aliphatic hydroxyl groups excluding tert-OH is 1. The number of rotatable bonds is 7. The van der Waals surface area contributed by atoms with Crippen molar-refractivity contribution in [3.8, 4) is 0 Å². The molecule has 1 unspecified atom stereocenters. The summed E-state index contributed by atoms with van der Waals surface area (Å²) in [7, 11) is -3.41. The molecule has 0 saturated carbocycles. The normalized spacial score (nSPS) is 14.6. The van der Waals surface area contributed by atoms with Crippen molar-refractivity contribution in [1.29, 1.82) is 0 Å². The van der Waals surface area contributed by atoms with Gasteiger partial charge < -0.3 is 5.11 Å². The highest BCUT2D eigenvalue weighted by Gasteiger charge is 2.17. The molecule has 86 valence electrons. The Labute approximate surface area is 90.7 Å². The van der Waals surface area contributed by atoms with Crippen molar-refractivity contribution < 1.29 is 13.5 Å². The van der Waals surface area contributed by atoms with E-state index in [-0.39, 0.29) is 12.5 Å². The molecule has 0 aromatic heterocycles. The quantitative estimate of drug-likeness (QED) is 0.653. The highest BCUT2D eigenvalue weighted by molar-refractivity contribution is 7.90. The Hall–Kier alpha value is 0.160. The minimum atomic E-state index is -3.41. The standard InChI is InChI=1S/C8H18ClNO3S/c1-3-7(4-2)8(11)5-10-14(12,13)6-9/h7-8,10-11H,3-6H2,1-2H3. The van der Waals surface area contributed by atoms with Gasteiger partial charge >= 0.3 is 0 Å². The van der Waals surface area contributed by atoms with Crippen molar-refractivity contribution in [2.24, 2.45) is 5.92 Å². The van der Waals surface area contributed by atoms with Crippen LogP contribution in [0.15, 0.2) is 0 Å².